The molecule has 101 valence electrons. The summed E-state index contributed by atoms with van der Waals surface area (Å²) in [7, 11) is 0. The molecule has 3 N–H and O–H groups in total. The van der Waals surface area contributed by atoms with Crippen molar-refractivity contribution in [3.63, 3.8) is 0 Å². The molecule has 20 heavy (non-hydrogen) atoms. The van der Waals surface area contributed by atoms with Crippen molar-refractivity contribution in [1.29, 1.82) is 0 Å². The molecule has 1 heterocycles. The number of hydrogen-bond acceptors (Lipinski definition) is 4. The minimum atomic E-state index is -0.346. The number of nitrogens with one attached hydrogen (secondary N) is 1. The number of halogens is 1. The first-order valence-corrected chi connectivity index (χ1v) is 6.14. The average Bonchev–Trinajstić information content (AvgIpc) is 2.80. The first kappa shape index (κ1) is 12.6. The molecule has 0 aliphatic carbocycles. The highest BCUT2D eigenvalue weighted by atomic mass is 19.1. The Kier molecular flexibility index (Phi) is 3.12. The lowest BCUT2D eigenvalue weighted by molar-refractivity contribution is 0.619. The second kappa shape index (κ2) is 4.94. The maximum Gasteiger partial charge on any atom is 0.300 e. The monoisotopic (exact) mass is 270 g/mol. The van der Waals surface area contributed by atoms with Gasteiger partial charge >= 0.3 is 0 Å². The molecule has 0 spiro atoms. The van der Waals surface area contributed by atoms with Crippen molar-refractivity contribution >= 4 is 22.8 Å². The molecule has 4 nitrogen and oxygen atoms in total. The zero-order valence-corrected chi connectivity index (χ0v) is 10.7. The summed E-state index contributed by atoms with van der Waals surface area (Å²) in [6, 6.07) is 10.1. The smallest absolute Gasteiger partial charge is 0.300 e. The number of fused-ring (bicyclic) bond motifs is 1. The Morgan fingerprint density at radius 1 is 1.25 bits per heavy atom. The van der Waals surface area contributed by atoms with Crippen LogP contribution in [0.25, 0.3) is 11.1 Å². The standard InChI is InChI=1S/C15H13FN3O/c1-9-2-5-12-14(6-9)20-15(18-12)19-13-7-11(16)4-3-10(13)8-17/h2-7H,1,8,17H2,(H,18,19). The SMILES string of the molecule is [CH2]c1ccc2nc(Nc3cc(F)ccc3CN)oc2c1. The summed E-state index contributed by atoms with van der Waals surface area (Å²) in [5.41, 5.74) is 9.15. The highest BCUT2D eigenvalue weighted by molar-refractivity contribution is 5.76. The van der Waals surface area contributed by atoms with Gasteiger partial charge < -0.3 is 15.5 Å². The molecule has 1 aromatic heterocycles. The van der Waals surface area contributed by atoms with Crippen LogP contribution in [-0.2, 0) is 6.54 Å². The molecule has 0 aliphatic heterocycles. The van der Waals surface area contributed by atoms with Crippen LogP contribution in [0.15, 0.2) is 40.8 Å². The van der Waals surface area contributed by atoms with Crippen molar-refractivity contribution in [3.8, 4) is 0 Å². The van der Waals surface area contributed by atoms with E-state index in [0.29, 0.717) is 29.3 Å². The third kappa shape index (κ3) is 2.35. The van der Waals surface area contributed by atoms with Crippen molar-refractivity contribution in [3.05, 3.63) is 60.3 Å². The number of aromatic nitrogens is 1. The highest BCUT2D eigenvalue weighted by Gasteiger charge is 2.09. The van der Waals surface area contributed by atoms with Crippen molar-refractivity contribution < 1.29 is 8.81 Å². The van der Waals surface area contributed by atoms with Crippen LogP contribution in [0.4, 0.5) is 16.1 Å². The van der Waals surface area contributed by atoms with Gasteiger partial charge in [-0.25, -0.2) is 4.39 Å². The van der Waals surface area contributed by atoms with E-state index in [2.05, 4.69) is 17.2 Å². The van der Waals surface area contributed by atoms with Gasteiger partial charge in [0.15, 0.2) is 5.58 Å². The number of anilines is 2. The Morgan fingerprint density at radius 3 is 2.90 bits per heavy atom. The van der Waals surface area contributed by atoms with Crippen LogP contribution in [0, 0.1) is 12.7 Å². The van der Waals surface area contributed by atoms with Gasteiger partial charge in [0.05, 0.1) is 0 Å². The van der Waals surface area contributed by atoms with E-state index < -0.39 is 0 Å². The molecular weight excluding hydrogens is 257 g/mol. The van der Waals surface area contributed by atoms with E-state index in [4.69, 9.17) is 10.2 Å². The van der Waals surface area contributed by atoms with Crippen LogP contribution in [0.5, 0.6) is 0 Å². The van der Waals surface area contributed by atoms with Gasteiger partial charge in [-0.3, -0.25) is 0 Å². The van der Waals surface area contributed by atoms with E-state index in [1.54, 1.807) is 12.1 Å². The fourth-order valence-electron chi connectivity index (χ4n) is 1.98. The molecule has 3 aromatic rings. The van der Waals surface area contributed by atoms with E-state index in [1.165, 1.54) is 12.1 Å². The largest absolute Gasteiger partial charge is 0.423 e. The van der Waals surface area contributed by atoms with Crippen LogP contribution in [0.2, 0.25) is 0 Å². The summed E-state index contributed by atoms with van der Waals surface area (Å²) in [5.74, 6) is -0.346. The Balaban J connectivity index is 1.98. The predicted molar refractivity (Wildman–Crippen MR) is 76.0 cm³/mol. The van der Waals surface area contributed by atoms with E-state index in [1.807, 2.05) is 12.1 Å². The van der Waals surface area contributed by atoms with Gasteiger partial charge in [-0.05, 0) is 42.3 Å². The molecule has 5 heteroatoms. The summed E-state index contributed by atoms with van der Waals surface area (Å²) in [5, 5.41) is 2.95. The van der Waals surface area contributed by atoms with Crippen LogP contribution in [0.3, 0.4) is 0 Å². The number of nitrogens with two attached hydrogens (primary N) is 1. The average molecular weight is 270 g/mol. The molecule has 0 fully saturated rings. The van der Waals surface area contributed by atoms with Gasteiger partial charge in [-0.1, -0.05) is 12.1 Å². The quantitative estimate of drug-likeness (QED) is 0.766. The van der Waals surface area contributed by atoms with Crippen LogP contribution in [0.1, 0.15) is 11.1 Å². The van der Waals surface area contributed by atoms with Gasteiger partial charge in [0, 0.05) is 12.2 Å². The van der Waals surface area contributed by atoms with Gasteiger partial charge in [0.25, 0.3) is 6.01 Å². The number of benzene rings is 2. The molecule has 0 unspecified atom stereocenters. The van der Waals surface area contributed by atoms with Crippen LogP contribution >= 0.6 is 0 Å². The molecule has 0 saturated heterocycles. The molecule has 0 bridgehead atoms. The molecule has 2 aromatic carbocycles. The minimum Gasteiger partial charge on any atom is -0.423 e. The van der Waals surface area contributed by atoms with Gasteiger partial charge in [0.1, 0.15) is 11.3 Å². The summed E-state index contributed by atoms with van der Waals surface area (Å²) in [4.78, 5) is 4.29. The van der Waals surface area contributed by atoms with E-state index in [9.17, 15) is 4.39 Å². The highest BCUT2D eigenvalue weighted by Crippen LogP contribution is 2.25. The van der Waals surface area contributed by atoms with Crippen molar-refractivity contribution in [2.24, 2.45) is 5.73 Å². The maximum absolute atomic E-state index is 13.3. The molecule has 3 rings (SSSR count). The van der Waals surface area contributed by atoms with E-state index >= 15 is 0 Å². The first-order valence-electron chi connectivity index (χ1n) is 6.14. The third-order valence-corrected chi connectivity index (χ3v) is 2.99. The van der Waals surface area contributed by atoms with Crippen molar-refractivity contribution in [2.45, 2.75) is 6.54 Å². The zero-order chi connectivity index (χ0) is 14.1. The predicted octanol–water partition coefficient (Wildman–Crippen LogP) is 3.35. The lowest BCUT2D eigenvalue weighted by Gasteiger charge is -2.07. The Morgan fingerprint density at radius 2 is 2.10 bits per heavy atom. The van der Waals surface area contributed by atoms with E-state index in [0.717, 1.165) is 11.1 Å². The van der Waals surface area contributed by atoms with Gasteiger partial charge in [-0.2, -0.15) is 4.98 Å². The lowest BCUT2D eigenvalue weighted by atomic mass is 10.2. The summed E-state index contributed by atoms with van der Waals surface area (Å²) in [6.45, 7) is 4.13. The first-order chi connectivity index (χ1) is 9.65. The van der Waals surface area contributed by atoms with Gasteiger partial charge in [-0.15, -0.1) is 0 Å². The summed E-state index contributed by atoms with van der Waals surface area (Å²) in [6.07, 6.45) is 0. The normalized spacial score (nSPS) is 10.9. The minimum absolute atomic E-state index is 0.297. The lowest BCUT2D eigenvalue weighted by Crippen LogP contribution is -2.02. The fourth-order valence-corrected chi connectivity index (χ4v) is 1.98. The molecule has 0 atom stereocenters. The summed E-state index contributed by atoms with van der Waals surface area (Å²) >= 11 is 0. The Labute approximate surface area is 115 Å². The second-order valence-corrected chi connectivity index (χ2v) is 4.45. The van der Waals surface area contributed by atoms with Gasteiger partial charge in [0.2, 0.25) is 0 Å². The Bertz CT molecular complexity index is 767. The second-order valence-electron chi connectivity index (χ2n) is 4.45. The number of oxazole rings is 1. The molecule has 1 radical (unpaired) electrons. The van der Waals surface area contributed by atoms with Crippen molar-refractivity contribution in [2.75, 3.05) is 5.32 Å². The number of nitrogens with zero attached hydrogens (tertiary/aromatic N) is 1. The molecule has 0 saturated carbocycles. The summed E-state index contributed by atoms with van der Waals surface area (Å²) < 4.78 is 18.9. The molecular formula is C15H13FN3O. The molecule has 0 aliphatic rings. The fraction of sp³-hybridized carbons (Fsp3) is 0.0667. The van der Waals surface area contributed by atoms with Crippen molar-refractivity contribution in [1.82, 2.24) is 4.98 Å². The van der Waals surface area contributed by atoms with E-state index in [-0.39, 0.29) is 5.82 Å². The topological polar surface area (TPSA) is 64.1 Å². The number of rotatable bonds is 3. The van der Waals surface area contributed by atoms with Crippen LogP contribution < -0.4 is 11.1 Å². The maximum atomic E-state index is 13.3. The number of hydrogen-bond donors (Lipinski definition) is 2. The zero-order valence-electron chi connectivity index (χ0n) is 10.7. The Hall–Kier alpha value is -2.40. The molecule has 0 amide bonds. The van der Waals surface area contributed by atoms with Crippen LogP contribution in [-0.4, -0.2) is 4.98 Å². The third-order valence-electron chi connectivity index (χ3n) is 2.99.